The summed E-state index contributed by atoms with van der Waals surface area (Å²) in [4.78, 5) is 6.61. The van der Waals surface area contributed by atoms with Crippen molar-refractivity contribution in [2.75, 3.05) is 6.61 Å². The molecule has 1 aromatic heterocycles. The lowest BCUT2D eigenvalue weighted by Crippen LogP contribution is -2.35. The van der Waals surface area contributed by atoms with Gasteiger partial charge in [0.15, 0.2) is 0 Å². The molecule has 7 heteroatoms. The molecular formula is C11H13FN2O4. The van der Waals surface area contributed by atoms with Gasteiger partial charge in [0.2, 0.25) is 0 Å². The molecule has 0 bridgehead atoms. The fraction of sp³-hybridized carbons (Fsp3) is 0.364. The van der Waals surface area contributed by atoms with E-state index in [0.29, 0.717) is 11.0 Å². The number of aliphatic hydroxyl groups is 4. The molecule has 18 heavy (non-hydrogen) atoms. The highest BCUT2D eigenvalue weighted by atomic mass is 19.1. The largest absolute Gasteiger partial charge is 0.394 e. The summed E-state index contributed by atoms with van der Waals surface area (Å²) in [6.07, 6.45) is -4.56. The van der Waals surface area contributed by atoms with Gasteiger partial charge in [-0.25, -0.2) is 9.37 Å². The van der Waals surface area contributed by atoms with Gasteiger partial charge in [0.05, 0.1) is 17.6 Å². The minimum atomic E-state index is -1.58. The van der Waals surface area contributed by atoms with E-state index in [9.17, 15) is 19.7 Å². The third-order valence-electron chi connectivity index (χ3n) is 2.65. The molecule has 3 atom stereocenters. The van der Waals surface area contributed by atoms with Gasteiger partial charge in [-0.05, 0) is 18.2 Å². The maximum absolute atomic E-state index is 13.0. The van der Waals surface area contributed by atoms with Gasteiger partial charge >= 0.3 is 0 Å². The highest BCUT2D eigenvalue weighted by Crippen LogP contribution is 2.20. The normalized spacial score (nSPS) is 16.7. The number of nitrogens with one attached hydrogen (secondary N) is 1. The van der Waals surface area contributed by atoms with E-state index in [1.807, 2.05) is 0 Å². The van der Waals surface area contributed by atoms with Crippen LogP contribution >= 0.6 is 0 Å². The van der Waals surface area contributed by atoms with Gasteiger partial charge in [0.25, 0.3) is 0 Å². The van der Waals surface area contributed by atoms with E-state index in [0.717, 1.165) is 0 Å². The zero-order valence-corrected chi connectivity index (χ0v) is 9.29. The van der Waals surface area contributed by atoms with Gasteiger partial charge in [-0.3, -0.25) is 0 Å². The van der Waals surface area contributed by atoms with Crippen molar-refractivity contribution >= 4 is 11.0 Å². The monoisotopic (exact) mass is 256 g/mol. The van der Waals surface area contributed by atoms with Gasteiger partial charge in [-0.2, -0.15) is 0 Å². The van der Waals surface area contributed by atoms with E-state index < -0.39 is 30.7 Å². The van der Waals surface area contributed by atoms with E-state index in [4.69, 9.17) is 5.11 Å². The van der Waals surface area contributed by atoms with Crippen molar-refractivity contribution in [1.29, 1.82) is 0 Å². The van der Waals surface area contributed by atoms with Crippen LogP contribution in [0.5, 0.6) is 0 Å². The maximum Gasteiger partial charge on any atom is 0.140 e. The van der Waals surface area contributed by atoms with Crippen LogP contribution < -0.4 is 0 Å². The Hall–Kier alpha value is -1.54. The van der Waals surface area contributed by atoms with Crippen molar-refractivity contribution in [2.24, 2.45) is 0 Å². The minimum absolute atomic E-state index is 0.00407. The first-order valence-corrected chi connectivity index (χ1v) is 5.33. The molecule has 0 saturated heterocycles. The number of hydrogen-bond acceptors (Lipinski definition) is 5. The molecule has 0 amide bonds. The molecule has 6 nitrogen and oxygen atoms in total. The molecule has 0 aliphatic rings. The average Bonchev–Trinajstić information content (AvgIpc) is 2.78. The molecule has 1 heterocycles. The number of aromatic nitrogens is 2. The fourth-order valence-corrected chi connectivity index (χ4v) is 1.62. The highest BCUT2D eigenvalue weighted by Gasteiger charge is 2.27. The third-order valence-corrected chi connectivity index (χ3v) is 2.65. The summed E-state index contributed by atoms with van der Waals surface area (Å²) < 4.78 is 13.0. The molecular weight excluding hydrogens is 243 g/mol. The molecule has 0 spiro atoms. The third kappa shape index (κ3) is 2.34. The number of H-pyrrole nitrogens is 1. The van der Waals surface area contributed by atoms with Crippen LogP contribution in [-0.4, -0.2) is 49.2 Å². The van der Waals surface area contributed by atoms with E-state index in [2.05, 4.69) is 9.97 Å². The number of hydrogen-bond donors (Lipinski definition) is 5. The fourth-order valence-electron chi connectivity index (χ4n) is 1.62. The van der Waals surface area contributed by atoms with Gasteiger partial charge in [-0.1, -0.05) is 0 Å². The second-order valence-corrected chi connectivity index (χ2v) is 3.97. The lowest BCUT2D eigenvalue weighted by atomic mass is 10.1. The lowest BCUT2D eigenvalue weighted by molar-refractivity contribution is -0.0800. The van der Waals surface area contributed by atoms with Crippen molar-refractivity contribution in [3.8, 4) is 0 Å². The Bertz CT molecular complexity index is 545. The molecule has 0 fully saturated rings. The van der Waals surface area contributed by atoms with Crippen LogP contribution in [0.3, 0.4) is 0 Å². The lowest BCUT2D eigenvalue weighted by Gasteiger charge is -2.19. The maximum atomic E-state index is 13.0. The smallest absolute Gasteiger partial charge is 0.140 e. The number of halogens is 1. The zero-order chi connectivity index (χ0) is 13.3. The molecule has 0 aliphatic carbocycles. The number of benzene rings is 1. The van der Waals surface area contributed by atoms with Crippen molar-refractivity contribution in [1.82, 2.24) is 9.97 Å². The standard InChI is InChI=1S/C11H13FN2O4/c12-5-1-2-6-7(3-5)14-11(13-6)10(18)9(17)8(16)4-15/h1-3,8-10,15-18H,4H2,(H,13,14)/t8-,9?,10?/m1/s1. The van der Waals surface area contributed by atoms with Crippen LogP contribution in [0.25, 0.3) is 11.0 Å². The predicted molar refractivity (Wildman–Crippen MR) is 60.1 cm³/mol. The second-order valence-electron chi connectivity index (χ2n) is 3.97. The summed E-state index contributed by atoms with van der Waals surface area (Å²) in [6, 6.07) is 3.85. The molecule has 0 saturated carbocycles. The molecule has 1 aromatic carbocycles. The Morgan fingerprint density at radius 1 is 1.28 bits per heavy atom. The Morgan fingerprint density at radius 3 is 2.67 bits per heavy atom. The first-order chi connectivity index (χ1) is 8.52. The average molecular weight is 256 g/mol. The van der Waals surface area contributed by atoms with E-state index in [1.54, 1.807) is 0 Å². The Labute approximate surface area is 101 Å². The number of nitrogens with zero attached hydrogens (tertiary/aromatic N) is 1. The zero-order valence-electron chi connectivity index (χ0n) is 9.29. The predicted octanol–water partition coefficient (Wildman–Crippen LogP) is -0.550. The van der Waals surface area contributed by atoms with Crippen LogP contribution in [-0.2, 0) is 0 Å². The number of rotatable bonds is 4. The van der Waals surface area contributed by atoms with Gasteiger partial charge in [0, 0.05) is 0 Å². The molecule has 5 N–H and O–H groups in total. The van der Waals surface area contributed by atoms with Crippen LogP contribution in [0.2, 0.25) is 0 Å². The number of aliphatic hydroxyl groups excluding tert-OH is 4. The van der Waals surface area contributed by atoms with Gasteiger partial charge in [0.1, 0.15) is 30.0 Å². The molecule has 0 aliphatic heterocycles. The number of imidazole rings is 1. The molecule has 2 unspecified atom stereocenters. The molecule has 2 rings (SSSR count). The molecule has 98 valence electrons. The quantitative estimate of drug-likeness (QED) is 0.504. The number of aromatic amines is 1. The van der Waals surface area contributed by atoms with Crippen molar-refractivity contribution < 1.29 is 24.8 Å². The first-order valence-electron chi connectivity index (χ1n) is 5.33. The SMILES string of the molecule is OC[C@@H](O)C(O)C(O)c1nc2ccc(F)cc2[nH]1. The van der Waals surface area contributed by atoms with Crippen molar-refractivity contribution in [3.05, 3.63) is 29.8 Å². The van der Waals surface area contributed by atoms with E-state index >= 15 is 0 Å². The van der Waals surface area contributed by atoms with Crippen molar-refractivity contribution in [3.63, 3.8) is 0 Å². The first kappa shape index (κ1) is 12.9. The topological polar surface area (TPSA) is 110 Å². The summed E-state index contributed by atoms with van der Waals surface area (Å²) in [7, 11) is 0. The molecule has 2 aromatic rings. The second kappa shape index (κ2) is 4.99. The van der Waals surface area contributed by atoms with E-state index in [1.165, 1.54) is 18.2 Å². The Morgan fingerprint density at radius 2 is 2.00 bits per heavy atom. The summed E-state index contributed by atoms with van der Waals surface area (Å²) in [5.41, 5.74) is 0.797. The van der Waals surface area contributed by atoms with Crippen LogP contribution in [0.4, 0.5) is 4.39 Å². The van der Waals surface area contributed by atoms with Crippen molar-refractivity contribution in [2.45, 2.75) is 18.3 Å². The van der Waals surface area contributed by atoms with Crippen LogP contribution in [0, 0.1) is 5.82 Å². The van der Waals surface area contributed by atoms with Gasteiger partial charge in [-0.15, -0.1) is 0 Å². The molecule has 0 radical (unpaired) electrons. The summed E-state index contributed by atoms with van der Waals surface area (Å²) in [5.74, 6) is -0.460. The summed E-state index contributed by atoms with van der Waals surface area (Å²) >= 11 is 0. The van der Waals surface area contributed by atoms with Crippen LogP contribution in [0.1, 0.15) is 11.9 Å². The van der Waals surface area contributed by atoms with Gasteiger partial charge < -0.3 is 25.4 Å². The minimum Gasteiger partial charge on any atom is -0.394 e. The van der Waals surface area contributed by atoms with Crippen LogP contribution in [0.15, 0.2) is 18.2 Å². The summed E-state index contributed by atoms with van der Waals surface area (Å²) in [6.45, 7) is -0.687. The Kier molecular flexibility index (Phi) is 3.58. The van der Waals surface area contributed by atoms with E-state index in [-0.39, 0.29) is 5.82 Å². The highest BCUT2D eigenvalue weighted by molar-refractivity contribution is 5.75. The summed E-state index contributed by atoms with van der Waals surface area (Å²) in [5, 5.41) is 37.2. The number of fused-ring (bicyclic) bond motifs is 1. The Balaban J connectivity index is 2.30.